The van der Waals surface area contributed by atoms with E-state index in [1.54, 1.807) is 0 Å². The van der Waals surface area contributed by atoms with Gasteiger partial charge in [-0.2, -0.15) is 9.97 Å². The normalized spacial score (nSPS) is 9.82. The predicted octanol–water partition coefficient (Wildman–Crippen LogP) is 2.77. The second kappa shape index (κ2) is 3.82. The van der Waals surface area contributed by atoms with Crippen molar-refractivity contribution >= 4 is 47.8 Å². The first-order chi connectivity index (χ1) is 5.15. The van der Waals surface area contributed by atoms with Gasteiger partial charge in [0.1, 0.15) is 9.21 Å². The number of methoxy groups -OCH3 is 1. The quantitative estimate of drug-likeness (QED) is 0.733. The van der Waals surface area contributed by atoms with Crippen LogP contribution in [-0.4, -0.2) is 17.1 Å². The maximum atomic E-state index is 4.83. The van der Waals surface area contributed by atoms with Crippen molar-refractivity contribution in [2.75, 3.05) is 7.11 Å². The molecule has 1 aromatic heterocycles. The highest BCUT2D eigenvalue weighted by Crippen LogP contribution is 2.29. The van der Waals surface area contributed by atoms with E-state index in [2.05, 4.69) is 57.8 Å². The average molecular weight is 347 g/mol. The molecule has 0 unspecified atom stereocenters. The van der Waals surface area contributed by atoms with Gasteiger partial charge in [-0.05, 0) is 47.8 Å². The molecule has 0 radical (unpaired) electrons. The first-order valence-electron chi connectivity index (χ1n) is 2.57. The van der Waals surface area contributed by atoms with Crippen LogP contribution in [0, 0.1) is 0 Å². The van der Waals surface area contributed by atoms with Gasteiger partial charge in [-0.25, -0.2) is 0 Å². The van der Waals surface area contributed by atoms with Crippen molar-refractivity contribution in [1.82, 2.24) is 9.97 Å². The molecule has 0 aliphatic heterocycles. The Balaban J connectivity index is 3.21. The van der Waals surface area contributed by atoms with E-state index in [1.165, 1.54) is 7.11 Å². The van der Waals surface area contributed by atoms with Gasteiger partial charge in [0.25, 0.3) is 0 Å². The molecule has 0 aliphatic carbocycles. The molecule has 1 aromatic rings. The smallest absolute Gasteiger partial charge is 0.318 e. The summed E-state index contributed by atoms with van der Waals surface area (Å²) in [5.41, 5.74) is 0. The first kappa shape index (κ1) is 9.41. The monoisotopic (exact) mass is 344 g/mol. The lowest BCUT2D eigenvalue weighted by Gasteiger charge is -2.00. The van der Waals surface area contributed by atoms with Crippen molar-refractivity contribution in [1.29, 1.82) is 0 Å². The average Bonchev–Trinajstić information content (AvgIpc) is 1.99. The number of hydrogen-bond acceptors (Lipinski definition) is 3. The second-order valence-electron chi connectivity index (χ2n) is 1.61. The van der Waals surface area contributed by atoms with E-state index in [0.717, 1.165) is 4.47 Å². The highest BCUT2D eigenvalue weighted by Gasteiger charge is 2.07. The highest BCUT2D eigenvalue weighted by molar-refractivity contribution is 9.14. The lowest BCUT2D eigenvalue weighted by Crippen LogP contribution is -1.93. The van der Waals surface area contributed by atoms with Crippen LogP contribution < -0.4 is 4.74 Å². The number of hydrogen-bond donors (Lipinski definition) is 0. The fourth-order valence-electron chi connectivity index (χ4n) is 0.468. The minimum absolute atomic E-state index is 0.326. The van der Waals surface area contributed by atoms with Crippen LogP contribution in [0.3, 0.4) is 0 Å². The van der Waals surface area contributed by atoms with E-state index < -0.39 is 0 Å². The zero-order valence-electron chi connectivity index (χ0n) is 5.44. The molecular weight excluding hydrogens is 344 g/mol. The number of halogens is 3. The molecular formula is C5H3Br3N2O. The minimum Gasteiger partial charge on any atom is -0.467 e. The minimum atomic E-state index is 0.326. The highest BCUT2D eigenvalue weighted by atomic mass is 79.9. The van der Waals surface area contributed by atoms with Crippen molar-refractivity contribution in [3.8, 4) is 6.01 Å². The third kappa shape index (κ3) is 2.13. The Morgan fingerprint density at radius 1 is 1.09 bits per heavy atom. The molecule has 0 N–H and O–H groups in total. The molecule has 0 atom stereocenters. The van der Waals surface area contributed by atoms with Crippen LogP contribution in [0.1, 0.15) is 0 Å². The molecule has 6 heteroatoms. The maximum absolute atomic E-state index is 4.83. The Bertz CT molecular complexity index is 255. The summed E-state index contributed by atoms with van der Waals surface area (Å²) in [5, 5.41) is 0. The molecule has 11 heavy (non-hydrogen) atoms. The molecule has 1 rings (SSSR count). The third-order valence-corrected chi connectivity index (χ3v) is 3.90. The molecule has 0 aliphatic rings. The van der Waals surface area contributed by atoms with E-state index in [0.29, 0.717) is 15.2 Å². The lowest BCUT2D eigenvalue weighted by molar-refractivity contribution is 0.377. The zero-order chi connectivity index (χ0) is 8.43. The topological polar surface area (TPSA) is 35.0 Å². The fourth-order valence-corrected chi connectivity index (χ4v) is 1.59. The van der Waals surface area contributed by atoms with E-state index in [9.17, 15) is 0 Å². The Kier molecular flexibility index (Phi) is 3.27. The number of ether oxygens (including phenoxy) is 1. The standard InChI is InChI=1S/C5H3Br3N2O/c1-11-5-9-3(7)2(6)4(8)10-5/h1H3. The summed E-state index contributed by atoms with van der Waals surface area (Å²) in [6.07, 6.45) is 0. The SMILES string of the molecule is COc1nc(Br)c(Br)c(Br)n1. The summed E-state index contributed by atoms with van der Waals surface area (Å²) in [4.78, 5) is 7.92. The van der Waals surface area contributed by atoms with Gasteiger partial charge in [-0.1, -0.05) is 0 Å². The molecule has 0 amide bonds. The Morgan fingerprint density at radius 3 is 1.91 bits per heavy atom. The summed E-state index contributed by atoms with van der Waals surface area (Å²) in [6.45, 7) is 0. The van der Waals surface area contributed by atoms with Crippen molar-refractivity contribution in [2.45, 2.75) is 0 Å². The summed E-state index contributed by atoms with van der Waals surface area (Å²) in [5.74, 6) is 0. The number of nitrogens with zero attached hydrogens (tertiary/aromatic N) is 2. The summed E-state index contributed by atoms with van der Waals surface area (Å²) in [6, 6.07) is 0.326. The van der Waals surface area contributed by atoms with Gasteiger partial charge in [-0.15, -0.1) is 0 Å². The van der Waals surface area contributed by atoms with E-state index >= 15 is 0 Å². The molecule has 0 saturated heterocycles. The summed E-state index contributed by atoms with van der Waals surface area (Å²) >= 11 is 9.73. The van der Waals surface area contributed by atoms with Crippen molar-refractivity contribution in [2.24, 2.45) is 0 Å². The Labute approximate surface area is 89.0 Å². The molecule has 0 fully saturated rings. The molecule has 0 bridgehead atoms. The van der Waals surface area contributed by atoms with Crippen LogP contribution in [-0.2, 0) is 0 Å². The summed E-state index contributed by atoms with van der Waals surface area (Å²) in [7, 11) is 1.52. The van der Waals surface area contributed by atoms with Crippen LogP contribution in [0.15, 0.2) is 13.7 Å². The number of aromatic nitrogens is 2. The Morgan fingerprint density at radius 2 is 1.55 bits per heavy atom. The van der Waals surface area contributed by atoms with Gasteiger partial charge in [0.05, 0.1) is 11.6 Å². The van der Waals surface area contributed by atoms with Gasteiger partial charge in [0.2, 0.25) is 0 Å². The summed E-state index contributed by atoms with van der Waals surface area (Å²) < 4.78 is 6.93. The van der Waals surface area contributed by atoms with E-state index in [4.69, 9.17) is 4.74 Å². The van der Waals surface area contributed by atoms with Gasteiger partial charge in [0, 0.05) is 0 Å². The van der Waals surface area contributed by atoms with Crippen molar-refractivity contribution in [3.05, 3.63) is 13.7 Å². The molecule has 1 heterocycles. The van der Waals surface area contributed by atoms with Crippen molar-refractivity contribution < 1.29 is 4.74 Å². The third-order valence-electron chi connectivity index (χ3n) is 0.932. The Hall–Kier alpha value is 0.320. The largest absolute Gasteiger partial charge is 0.467 e. The molecule has 0 spiro atoms. The lowest BCUT2D eigenvalue weighted by atomic mass is 10.7. The van der Waals surface area contributed by atoms with Gasteiger partial charge < -0.3 is 4.74 Å². The van der Waals surface area contributed by atoms with Crippen LogP contribution in [0.2, 0.25) is 0 Å². The molecule has 3 nitrogen and oxygen atoms in total. The van der Waals surface area contributed by atoms with E-state index in [1.807, 2.05) is 0 Å². The van der Waals surface area contributed by atoms with Gasteiger partial charge in [-0.3, -0.25) is 0 Å². The molecule has 0 aromatic carbocycles. The van der Waals surface area contributed by atoms with Crippen LogP contribution in [0.4, 0.5) is 0 Å². The maximum Gasteiger partial charge on any atom is 0.318 e. The first-order valence-corrected chi connectivity index (χ1v) is 4.95. The zero-order valence-corrected chi connectivity index (χ0v) is 10.2. The van der Waals surface area contributed by atoms with E-state index in [-0.39, 0.29) is 0 Å². The van der Waals surface area contributed by atoms with Gasteiger partial charge in [0.15, 0.2) is 0 Å². The molecule has 60 valence electrons. The van der Waals surface area contributed by atoms with Crippen LogP contribution in [0.5, 0.6) is 6.01 Å². The fraction of sp³-hybridized carbons (Fsp3) is 0.200. The molecule has 0 saturated carbocycles. The van der Waals surface area contributed by atoms with Crippen molar-refractivity contribution in [3.63, 3.8) is 0 Å². The second-order valence-corrected chi connectivity index (χ2v) is 3.90. The number of rotatable bonds is 1. The van der Waals surface area contributed by atoms with Crippen LogP contribution >= 0.6 is 47.8 Å². The van der Waals surface area contributed by atoms with Crippen LogP contribution in [0.25, 0.3) is 0 Å². The predicted molar refractivity (Wildman–Crippen MR) is 51.7 cm³/mol. The van der Waals surface area contributed by atoms with Gasteiger partial charge >= 0.3 is 6.01 Å².